The number of halogens is 3. The molecule has 0 fully saturated rings. The summed E-state index contributed by atoms with van der Waals surface area (Å²) < 4.78 is 19.9. The van der Waals surface area contributed by atoms with E-state index in [1.165, 1.54) is 17.0 Å². The highest BCUT2D eigenvalue weighted by molar-refractivity contribution is 9.10. The number of hydrogen-bond donors (Lipinski definition) is 1. The van der Waals surface area contributed by atoms with E-state index < -0.39 is 11.9 Å². The van der Waals surface area contributed by atoms with E-state index in [1.807, 2.05) is 37.3 Å². The van der Waals surface area contributed by atoms with Gasteiger partial charge in [0.25, 0.3) is 5.91 Å². The smallest absolute Gasteiger partial charge is 0.261 e. The molecule has 0 aliphatic carbocycles. The van der Waals surface area contributed by atoms with E-state index in [9.17, 15) is 14.0 Å². The molecule has 0 heterocycles. The lowest BCUT2D eigenvalue weighted by molar-refractivity contribution is -0.142. The first-order valence-corrected chi connectivity index (χ1v) is 12.0. The molecule has 0 saturated heterocycles. The summed E-state index contributed by atoms with van der Waals surface area (Å²) in [6, 6.07) is 19.6. The van der Waals surface area contributed by atoms with Gasteiger partial charge < -0.3 is 15.0 Å². The van der Waals surface area contributed by atoms with Crippen molar-refractivity contribution in [1.82, 2.24) is 10.2 Å². The maximum absolute atomic E-state index is 13.5. The third-order valence-corrected chi connectivity index (χ3v) is 5.92. The van der Waals surface area contributed by atoms with E-state index in [2.05, 4.69) is 21.2 Å². The average molecular weight is 548 g/mol. The van der Waals surface area contributed by atoms with E-state index in [0.717, 1.165) is 10.0 Å². The fourth-order valence-corrected chi connectivity index (χ4v) is 4.18. The topological polar surface area (TPSA) is 58.6 Å². The number of carbonyl (C=O) groups is 2. The van der Waals surface area contributed by atoms with Crippen molar-refractivity contribution in [3.8, 4) is 5.75 Å². The molecule has 178 valence electrons. The van der Waals surface area contributed by atoms with Crippen LogP contribution in [0.15, 0.2) is 77.3 Å². The van der Waals surface area contributed by atoms with E-state index >= 15 is 0 Å². The molecular weight excluding hydrogens is 523 g/mol. The zero-order chi connectivity index (χ0) is 24.5. The molecule has 34 heavy (non-hydrogen) atoms. The Balaban J connectivity index is 1.89. The van der Waals surface area contributed by atoms with Gasteiger partial charge in [-0.05, 0) is 48.4 Å². The van der Waals surface area contributed by atoms with Gasteiger partial charge in [0.15, 0.2) is 6.61 Å². The van der Waals surface area contributed by atoms with Crippen molar-refractivity contribution in [1.29, 1.82) is 0 Å². The van der Waals surface area contributed by atoms with Crippen molar-refractivity contribution in [2.45, 2.75) is 25.9 Å². The molecule has 5 nitrogen and oxygen atoms in total. The standard InChI is InChI=1S/C26H25BrClFN2O3/c1-2-30-26(33)23(14-18-6-4-3-5-7-18)31(16-19-8-11-21(29)12-9-19)25(32)17-34-24-13-10-20(27)15-22(24)28/h3-13,15,23H,2,14,16-17H2,1H3,(H,30,33). The molecule has 2 amide bonds. The number of nitrogens with zero attached hydrogens (tertiary/aromatic N) is 1. The highest BCUT2D eigenvalue weighted by Crippen LogP contribution is 2.28. The first kappa shape index (κ1) is 25.7. The average Bonchev–Trinajstić information content (AvgIpc) is 2.82. The molecule has 1 atom stereocenters. The van der Waals surface area contributed by atoms with Crippen LogP contribution in [0.2, 0.25) is 5.02 Å². The maximum atomic E-state index is 13.5. The second-order valence-electron chi connectivity index (χ2n) is 7.61. The molecule has 8 heteroatoms. The molecule has 1 N–H and O–H groups in total. The van der Waals surface area contributed by atoms with Gasteiger partial charge >= 0.3 is 0 Å². The Labute approximate surface area is 212 Å². The van der Waals surface area contributed by atoms with Crippen molar-refractivity contribution in [2.75, 3.05) is 13.2 Å². The molecular formula is C26H25BrClFN2O3. The Morgan fingerprint density at radius 2 is 1.76 bits per heavy atom. The predicted molar refractivity (Wildman–Crippen MR) is 134 cm³/mol. The van der Waals surface area contributed by atoms with Crippen LogP contribution in [-0.4, -0.2) is 35.9 Å². The van der Waals surface area contributed by atoms with Crippen LogP contribution in [0.5, 0.6) is 5.75 Å². The van der Waals surface area contributed by atoms with Crippen LogP contribution < -0.4 is 10.1 Å². The van der Waals surface area contributed by atoms with Gasteiger partial charge in [-0.2, -0.15) is 0 Å². The molecule has 1 unspecified atom stereocenters. The van der Waals surface area contributed by atoms with E-state index in [0.29, 0.717) is 29.3 Å². The summed E-state index contributed by atoms with van der Waals surface area (Å²) in [4.78, 5) is 27.9. The number of likely N-dealkylation sites (N-methyl/N-ethyl adjacent to an activating group) is 1. The number of hydrogen-bond acceptors (Lipinski definition) is 3. The largest absolute Gasteiger partial charge is 0.482 e. The third-order valence-electron chi connectivity index (χ3n) is 5.13. The summed E-state index contributed by atoms with van der Waals surface area (Å²) in [5.41, 5.74) is 1.60. The minimum Gasteiger partial charge on any atom is -0.482 e. The highest BCUT2D eigenvalue weighted by Gasteiger charge is 2.30. The van der Waals surface area contributed by atoms with Gasteiger partial charge in [-0.1, -0.05) is 70.0 Å². The minimum atomic E-state index is -0.788. The fourth-order valence-electron chi connectivity index (χ4n) is 3.45. The van der Waals surface area contributed by atoms with Gasteiger partial charge in [0.2, 0.25) is 5.91 Å². The van der Waals surface area contributed by atoms with Crippen molar-refractivity contribution >= 4 is 39.3 Å². The van der Waals surface area contributed by atoms with E-state index in [1.54, 1.807) is 30.3 Å². The van der Waals surface area contributed by atoms with Crippen molar-refractivity contribution in [3.63, 3.8) is 0 Å². The second-order valence-corrected chi connectivity index (χ2v) is 8.93. The summed E-state index contributed by atoms with van der Waals surface area (Å²) in [6.45, 7) is 2.05. The number of amides is 2. The summed E-state index contributed by atoms with van der Waals surface area (Å²) >= 11 is 9.56. The fraction of sp³-hybridized carbons (Fsp3) is 0.231. The van der Waals surface area contributed by atoms with Crippen LogP contribution in [0, 0.1) is 5.82 Å². The SMILES string of the molecule is CCNC(=O)C(Cc1ccccc1)N(Cc1ccc(F)cc1)C(=O)COc1ccc(Br)cc1Cl. The van der Waals surface area contributed by atoms with Crippen molar-refractivity contribution < 1.29 is 18.7 Å². The summed E-state index contributed by atoms with van der Waals surface area (Å²) in [5, 5.41) is 3.18. The zero-order valence-electron chi connectivity index (χ0n) is 18.6. The molecule has 3 aromatic rings. The summed E-state index contributed by atoms with van der Waals surface area (Å²) in [7, 11) is 0. The maximum Gasteiger partial charge on any atom is 0.261 e. The quantitative estimate of drug-likeness (QED) is 0.370. The number of rotatable bonds is 10. The molecule has 0 aliphatic heterocycles. The van der Waals surface area contributed by atoms with Gasteiger partial charge in [-0.15, -0.1) is 0 Å². The second kappa shape index (κ2) is 12.5. The molecule has 0 radical (unpaired) electrons. The molecule has 0 aromatic heterocycles. The molecule has 3 aromatic carbocycles. The normalized spacial score (nSPS) is 11.5. The highest BCUT2D eigenvalue weighted by atomic mass is 79.9. The lowest BCUT2D eigenvalue weighted by atomic mass is 10.0. The van der Waals surface area contributed by atoms with Gasteiger partial charge in [0.05, 0.1) is 5.02 Å². The van der Waals surface area contributed by atoms with Crippen LogP contribution in [0.4, 0.5) is 4.39 Å². The lowest BCUT2D eigenvalue weighted by Gasteiger charge is -2.31. The van der Waals surface area contributed by atoms with Crippen LogP contribution in [0.1, 0.15) is 18.1 Å². The van der Waals surface area contributed by atoms with E-state index in [4.69, 9.17) is 16.3 Å². The van der Waals surface area contributed by atoms with Crippen molar-refractivity contribution in [3.05, 3.63) is 99.2 Å². The Morgan fingerprint density at radius 1 is 1.06 bits per heavy atom. The number of carbonyl (C=O) groups excluding carboxylic acids is 2. The Bertz CT molecular complexity index is 1110. The van der Waals surface area contributed by atoms with Gasteiger partial charge in [0, 0.05) is 24.0 Å². The third kappa shape index (κ3) is 7.30. The lowest BCUT2D eigenvalue weighted by Crippen LogP contribution is -2.51. The minimum absolute atomic E-state index is 0.116. The number of nitrogens with one attached hydrogen (secondary N) is 1. The summed E-state index contributed by atoms with van der Waals surface area (Å²) in [6.07, 6.45) is 0.318. The molecule has 0 saturated carbocycles. The van der Waals surface area contributed by atoms with Gasteiger partial charge in [-0.3, -0.25) is 9.59 Å². The van der Waals surface area contributed by atoms with Crippen LogP contribution >= 0.6 is 27.5 Å². The monoisotopic (exact) mass is 546 g/mol. The van der Waals surface area contributed by atoms with Crippen LogP contribution in [-0.2, 0) is 22.6 Å². The van der Waals surface area contributed by atoms with E-state index in [-0.39, 0.29) is 24.9 Å². The Kier molecular flexibility index (Phi) is 9.48. The van der Waals surface area contributed by atoms with Crippen LogP contribution in [0.25, 0.3) is 0 Å². The summed E-state index contributed by atoms with van der Waals surface area (Å²) in [5.74, 6) is -0.684. The Hall–Kier alpha value is -2.90. The zero-order valence-corrected chi connectivity index (χ0v) is 21.0. The van der Waals surface area contributed by atoms with Gasteiger partial charge in [-0.25, -0.2) is 4.39 Å². The van der Waals surface area contributed by atoms with Gasteiger partial charge in [0.1, 0.15) is 17.6 Å². The molecule has 0 aliphatic rings. The molecule has 0 bridgehead atoms. The molecule has 3 rings (SSSR count). The predicted octanol–water partition coefficient (Wildman–Crippen LogP) is 5.40. The van der Waals surface area contributed by atoms with Crippen molar-refractivity contribution in [2.24, 2.45) is 0 Å². The van der Waals surface area contributed by atoms with Crippen LogP contribution in [0.3, 0.4) is 0 Å². The number of benzene rings is 3. The first-order valence-electron chi connectivity index (χ1n) is 10.8. The first-order chi connectivity index (χ1) is 16.4. The number of ether oxygens (including phenoxy) is 1. The molecule has 0 spiro atoms. The Morgan fingerprint density at radius 3 is 2.41 bits per heavy atom.